The second kappa shape index (κ2) is 9.25. The summed E-state index contributed by atoms with van der Waals surface area (Å²) in [6.45, 7) is 5.21. The van der Waals surface area contributed by atoms with E-state index in [0.29, 0.717) is 0 Å². The Labute approximate surface area is 131 Å². The molecule has 21 heavy (non-hydrogen) atoms. The predicted octanol–water partition coefficient (Wildman–Crippen LogP) is 3.82. The summed E-state index contributed by atoms with van der Waals surface area (Å²) < 4.78 is 24.2. The average molecular weight is 319 g/mol. The minimum Gasteiger partial charge on any atom is -0.396 e. The Balaban J connectivity index is 2.92. The molecule has 0 N–H and O–H groups in total. The van der Waals surface area contributed by atoms with E-state index in [0.717, 1.165) is 44.8 Å². The van der Waals surface area contributed by atoms with Gasteiger partial charge in [-0.05, 0) is 31.7 Å². The molecule has 0 bridgehead atoms. The highest BCUT2D eigenvalue weighted by molar-refractivity contribution is 6.71. The first-order chi connectivity index (χ1) is 10.2. The van der Waals surface area contributed by atoms with Crippen LogP contribution in [0.4, 0.5) is 0 Å². The summed E-state index contributed by atoms with van der Waals surface area (Å²) in [7, 11) is 2.94. The molecule has 1 aliphatic heterocycles. The van der Waals surface area contributed by atoms with E-state index in [9.17, 15) is 0 Å². The minimum atomic E-state index is -2.41. The van der Waals surface area contributed by atoms with Crippen LogP contribution in [0.15, 0.2) is 0 Å². The highest BCUT2D eigenvalue weighted by atomic mass is 28.4. The molecule has 2 atom stereocenters. The van der Waals surface area contributed by atoms with Crippen molar-refractivity contribution >= 4 is 8.56 Å². The predicted molar refractivity (Wildman–Crippen MR) is 87.7 cm³/mol. The Morgan fingerprint density at radius 2 is 1.76 bits per heavy atom. The topological polar surface area (TPSA) is 36.9 Å². The molecule has 126 valence electrons. The lowest BCUT2D eigenvalue weighted by Gasteiger charge is -2.51. The molecule has 0 saturated carbocycles. The maximum atomic E-state index is 6.25. The van der Waals surface area contributed by atoms with Crippen LogP contribution in [-0.4, -0.2) is 47.8 Å². The van der Waals surface area contributed by atoms with Crippen LogP contribution in [-0.2, 0) is 18.3 Å². The Bertz CT molecular complexity index is 283. The molecular formula is C16H34O4Si. The van der Waals surface area contributed by atoms with Crippen molar-refractivity contribution in [1.82, 2.24) is 0 Å². The minimum absolute atomic E-state index is 0.0969. The Morgan fingerprint density at radius 3 is 2.29 bits per heavy atom. The summed E-state index contributed by atoms with van der Waals surface area (Å²) in [5, 5.41) is -0.379. The maximum absolute atomic E-state index is 6.25. The number of hydrogen-bond donors (Lipinski definition) is 0. The third-order valence-electron chi connectivity index (χ3n) is 4.85. The van der Waals surface area contributed by atoms with Gasteiger partial charge in [-0.2, -0.15) is 0 Å². The monoisotopic (exact) mass is 318 g/mol. The van der Waals surface area contributed by atoms with Gasteiger partial charge < -0.3 is 18.3 Å². The molecule has 1 rings (SSSR count). The van der Waals surface area contributed by atoms with Crippen molar-refractivity contribution in [2.24, 2.45) is 0 Å². The summed E-state index contributed by atoms with van der Waals surface area (Å²) in [4.78, 5) is 0. The van der Waals surface area contributed by atoms with Crippen molar-refractivity contribution in [2.45, 2.75) is 76.2 Å². The lowest BCUT2D eigenvalue weighted by atomic mass is 10.0. The lowest BCUT2D eigenvalue weighted by Crippen LogP contribution is -2.71. The molecule has 1 fully saturated rings. The first-order valence-corrected chi connectivity index (χ1v) is 10.5. The molecule has 1 saturated heterocycles. The van der Waals surface area contributed by atoms with Gasteiger partial charge in [0, 0.05) is 27.9 Å². The molecular weight excluding hydrogens is 284 g/mol. The number of unbranched alkanes of at least 4 members (excludes halogenated alkanes) is 2. The number of methoxy groups -OCH3 is 1. The standard InChI is InChI=1S/C16H34O4Si/c1-6-8-9-13-20-15-11-10-14-21(18-4,19-5)16(15,17-3)12-7-2/h15H,6-14H2,1-5H3. The van der Waals surface area contributed by atoms with Gasteiger partial charge >= 0.3 is 8.56 Å². The van der Waals surface area contributed by atoms with Gasteiger partial charge in [0.25, 0.3) is 0 Å². The van der Waals surface area contributed by atoms with Gasteiger partial charge in [-0.15, -0.1) is 0 Å². The van der Waals surface area contributed by atoms with Crippen molar-refractivity contribution in [3.8, 4) is 0 Å². The van der Waals surface area contributed by atoms with E-state index >= 15 is 0 Å². The second-order valence-electron chi connectivity index (χ2n) is 5.96. The number of hydrogen-bond acceptors (Lipinski definition) is 4. The van der Waals surface area contributed by atoms with E-state index in [1.807, 2.05) is 0 Å². The smallest absolute Gasteiger partial charge is 0.373 e. The van der Waals surface area contributed by atoms with Crippen molar-refractivity contribution in [3.63, 3.8) is 0 Å². The molecule has 1 aliphatic rings. The zero-order chi connectivity index (χ0) is 15.8. The van der Waals surface area contributed by atoms with Crippen LogP contribution >= 0.6 is 0 Å². The Morgan fingerprint density at radius 1 is 1.05 bits per heavy atom. The number of rotatable bonds is 10. The third kappa shape index (κ3) is 3.88. The average Bonchev–Trinajstić information content (AvgIpc) is 2.52. The maximum Gasteiger partial charge on any atom is 0.373 e. The first kappa shape index (κ1) is 19.1. The Hall–Kier alpha value is 0.0569. The van der Waals surface area contributed by atoms with Crippen LogP contribution in [0.25, 0.3) is 0 Å². The lowest BCUT2D eigenvalue weighted by molar-refractivity contribution is -0.123. The number of ether oxygens (including phenoxy) is 2. The van der Waals surface area contributed by atoms with E-state index < -0.39 is 8.56 Å². The molecule has 1 heterocycles. The fourth-order valence-corrected chi connectivity index (χ4v) is 7.77. The molecule has 0 aromatic carbocycles. The molecule has 0 aromatic rings. The van der Waals surface area contributed by atoms with E-state index in [1.165, 1.54) is 12.8 Å². The Kier molecular flexibility index (Phi) is 8.42. The summed E-state index contributed by atoms with van der Waals surface area (Å²) >= 11 is 0. The van der Waals surface area contributed by atoms with Crippen LogP contribution in [0, 0.1) is 0 Å². The highest BCUT2D eigenvalue weighted by Gasteiger charge is 2.63. The van der Waals surface area contributed by atoms with E-state index in [4.69, 9.17) is 18.3 Å². The van der Waals surface area contributed by atoms with Crippen molar-refractivity contribution in [3.05, 3.63) is 0 Å². The third-order valence-corrected chi connectivity index (χ3v) is 9.25. The van der Waals surface area contributed by atoms with Crippen molar-refractivity contribution in [1.29, 1.82) is 0 Å². The fourth-order valence-electron chi connectivity index (χ4n) is 3.75. The summed E-state index contributed by atoms with van der Waals surface area (Å²) in [6.07, 6.45) is 7.78. The van der Waals surface area contributed by atoms with E-state index in [2.05, 4.69) is 13.8 Å². The fraction of sp³-hybridized carbons (Fsp3) is 1.00. The molecule has 2 unspecified atom stereocenters. The van der Waals surface area contributed by atoms with Crippen LogP contribution < -0.4 is 0 Å². The molecule has 0 aliphatic carbocycles. The summed E-state index contributed by atoms with van der Waals surface area (Å²) in [5.74, 6) is 0. The van der Waals surface area contributed by atoms with Gasteiger partial charge in [-0.25, -0.2) is 0 Å². The summed E-state index contributed by atoms with van der Waals surface area (Å²) in [6, 6.07) is 0.989. The molecule has 0 aromatic heterocycles. The quantitative estimate of drug-likeness (QED) is 0.453. The molecule has 5 heteroatoms. The highest BCUT2D eigenvalue weighted by Crippen LogP contribution is 2.44. The van der Waals surface area contributed by atoms with E-state index in [1.54, 1.807) is 21.3 Å². The normalized spacial score (nSPS) is 28.7. The van der Waals surface area contributed by atoms with Crippen molar-refractivity contribution < 1.29 is 18.3 Å². The van der Waals surface area contributed by atoms with Gasteiger partial charge in [-0.3, -0.25) is 0 Å². The molecule has 4 nitrogen and oxygen atoms in total. The molecule has 0 spiro atoms. The van der Waals surface area contributed by atoms with Crippen molar-refractivity contribution in [2.75, 3.05) is 27.9 Å². The molecule has 0 amide bonds. The zero-order valence-electron chi connectivity index (χ0n) is 14.6. The SMILES string of the molecule is CCCCCOC1CCC[Si](OC)(OC)C1(CCC)OC. The van der Waals surface area contributed by atoms with Gasteiger partial charge in [0.2, 0.25) is 0 Å². The van der Waals surface area contributed by atoms with E-state index in [-0.39, 0.29) is 11.3 Å². The van der Waals surface area contributed by atoms with Gasteiger partial charge in [0.15, 0.2) is 0 Å². The molecule has 0 radical (unpaired) electrons. The summed E-state index contributed by atoms with van der Waals surface area (Å²) in [5.41, 5.74) is 0. The first-order valence-electron chi connectivity index (χ1n) is 8.43. The van der Waals surface area contributed by atoms with Crippen LogP contribution in [0.5, 0.6) is 0 Å². The van der Waals surface area contributed by atoms with Crippen LogP contribution in [0.3, 0.4) is 0 Å². The van der Waals surface area contributed by atoms with Gasteiger partial charge in [0.05, 0.1) is 6.10 Å². The second-order valence-corrected chi connectivity index (χ2v) is 9.63. The van der Waals surface area contributed by atoms with Gasteiger partial charge in [-0.1, -0.05) is 33.1 Å². The van der Waals surface area contributed by atoms with Crippen LogP contribution in [0.2, 0.25) is 6.04 Å². The van der Waals surface area contributed by atoms with Crippen LogP contribution in [0.1, 0.15) is 58.8 Å². The zero-order valence-corrected chi connectivity index (χ0v) is 15.6. The van der Waals surface area contributed by atoms with Gasteiger partial charge in [0.1, 0.15) is 5.22 Å². The largest absolute Gasteiger partial charge is 0.396 e.